The van der Waals surface area contributed by atoms with Gasteiger partial charge in [-0.15, -0.1) is 0 Å². The van der Waals surface area contributed by atoms with Gasteiger partial charge in [0.2, 0.25) is 11.8 Å². The molecule has 6 nitrogen and oxygen atoms in total. The predicted octanol–water partition coefficient (Wildman–Crippen LogP) is 4.90. The van der Waals surface area contributed by atoms with Crippen LogP contribution in [0.4, 0.5) is 5.69 Å². The van der Waals surface area contributed by atoms with Crippen molar-refractivity contribution in [2.75, 3.05) is 5.32 Å². The van der Waals surface area contributed by atoms with Crippen LogP contribution < -0.4 is 10.6 Å². The molecule has 0 atom stereocenters. The summed E-state index contributed by atoms with van der Waals surface area (Å²) >= 11 is 0. The molecule has 0 spiro atoms. The molecule has 0 fully saturated rings. The summed E-state index contributed by atoms with van der Waals surface area (Å²) in [4.78, 5) is 28.7. The number of nitrogens with one attached hydrogen (secondary N) is 2. The van der Waals surface area contributed by atoms with Crippen molar-refractivity contribution >= 4 is 17.5 Å². The first-order valence-corrected chi connectivity index (χ1v) is 9.86. The summed E-state index contributed by atoms with van der Waals surface area (Å²) in [5.41, 5.74) is 3.33. The minimum atomic E-state index is -0.323. The molecular formula is C25H21N3O3. The van der Waals surface area contributed by atoms with E-state index in [0.29, 0.717) is 29.4 Å². The second-order valence-electron chi connectivity index (χ2n) is 6.99. The highest BCUT2D eigenvalue weighted by Gasteiger charge is 2.22. The molecule has 0 aliphatic rings. The first-order chi connectivity index (χ1) is 15.1. The summed E-state index contributed by atoms with van der Waals surface area (Å²) in [5.74, 6) is 0.265. The molecule has 154 valence electrons. The Bertz CT molecular complexity index is 1180. The Labute approximate surface area is 179 Å². The molecule has 2 N–H and O–H groups in total. The number of benzene rings is 3. The Morgan fingerprint density at radius 1 is 0.839 bits per heavy atom. The Morgan fingerprint density at radius 2 is 1.48 bits per heavy atom. The van der Waals surface area contributed by atoms with Crippen molar-refractivity contribution in [2.24, 2.45) is 0 Å². The maximum Gasteiger partial charge on any atom is 0.274 e. The third kappa shape index (κ3) is 4.87. The number of carbonyl (C=O) groups is 2. The fourth-order valence-corrected chi connectivity index (χ4v) is 3.14. The summed E-state index contributed by atoms with van der Waals surface area (Å²) in [5, 5.41) is 5.64. The van der Waals surface area contributed by atoms with Crippen LogP contribution in [0.25, 0.3) is 22.8 Å². The summed E-state index contributed by atoms with van der Waals surface area (Å²) in [6, 6.07) is 26.2. The minimum Gasteiger partial charge on any atom is -0.435 e. The fourth-order valence-electron chi connectivity index (χ4n) is 3.14. The molecule has 4 aromatic rings. The number of anilines is 1. The summed E-state index contributed by atoms with van der Waals surface area (Å²) in [6.07, 6.45) is 0. The smallest absolute Gasteiger partial charge is 0.274 e. The average molecular weight is 411 g/mol. The maximum atomic E-state index is 13.0. The van der Waals surface area contributed by atoms with E-state index in [0.717, 1.165) is 11.1 Å². The largest absolute Gasteiger partial charge is 0.435 e. The highest BCUT2D eigenvalue weighted by atomic mass is 16.4. The van der Waals surface area contributed by atoms with Crippen LogP contribution in [0.3, 0.4) is 0 Å². The van der Waals surface area contributed by atoms with E-state index in [2.05, 4.69) is 15.6 Å². The third-order valence-electron chi connectivity index (χ3n) is 4.63. The lowest BCUT2D eigenvalue weighted by Gasteiger charge is -2.06. The van der Waals surface area contributed by atoms with Gasteiger partial charge in [0.05, 0.1) is 0 Å². The molecular weight excluding hydrogens is 390 g/mol. The standard InChI is InChI=1S/C25H21N3O3/c1-17(29)27-21-14-12-19(13-15-21)23-22(24(30)26-16-18-8-4-2-5-9-18)28-25(31-23)20-10-6-3-7-11-20/h2-15H,16H2,1H3,(H,26,30)(H,27,29). The van der Waals surface area contributed by atoms with Gasteiger partial charge < -0.3 is 15.1 Å². The lowest BCUT2D eigenvalue weighted by molar-refractivity contribution is -0.114. The number of rotatable bonds is 6. The molecule has 0 unspecified atom stereocenters. The van der Waals surface area contributed by atoms with E-state index < -0.39 is 0 Å². The zero-order valence-electron chi connectivity index (χ0n) is 17.0. The number of hydrogen-bond donors (Lipinski definition) is 2. The van der Waals surface area contributed by atoms with Crippen LogP contribution in [0.2, 0.25) is 0 Å². The van der Waals surface area contributed by atoms with Crippen molar-refractivity contribution < 1.29 is 14.0 Å². The molecule has 4 rings (SSSR count). The molecule has 31 heavy (non-hydrogen) atoms. The van der Waals surface area contributed by atoms with Gasteiger partial charge in [0, 0.05) is 30.3 Å². The first-order valence-electron chi connectivity index (χ1n) is 9.86. The van der Waals surface area contributed by atoms with Crippen LogP contribution in [0.1, 0.15) is 23.0 Å². The number of amides is 2. The minimum absolute atomic E-state index is 0.153. The van der Waals surface area contributed by atoms with Crippen molar-refractivity contribution in [3.05, 3.63) is 96.2 Å². The van der Waals surface area contributed by atoms with E-state index in [1.54, 1.807) is 24.3 Å². The monoisotopic (exact) mass is 411 g/mol. The Balaban J connectivity index is 1.66. The molecule has 6 heteroatoms. The second-order valence-corrected chi connectivity index (χ2v) is 6.99. The zero-order chi connectivity index (χ0) is 21.6. The number of aromatic nitrogens is 1. The van der Waals surface area contributed by atoms with Gasteiger partial charge in [-0.2, -0.15) is 0 Å². The van der Waals surface area contributed by atoms with E-state index in [9.17, 15) is 9.59 Å². The van der Waals surface area contributed by atoms with Crippen molar-refractivity contribution in [3.8, 4) is 22.8 Å². The lowest BCUT2D eigenvalue weighted by Crippen LogP contribution is -2.23. The molecule has 3 aromatic carbocycles. The second kappa shape index (κ2) is 9.09. The Morgan fingerprint density at radius 3 is 2.13 bits per heavy atom. The maximum absolute atomic E-state index is 13.0. The average Bonchev–Trinajstić information content (AvgIpc) is 3.24. The highest BCUT2D eigenvalue weighted by Crippen LogP contribution is 2.30. The molecule has 1 heterocycles. The van der Waals surface area contributed by atoms with E-state index in [-0.39, 0.29) is 17.5 Å². The Hall–Kier alpha value is -4.19. The molecule has 0 saturated carbocycles. The molecule has 1 aromatic heterocycles. The molecule has 2 amide bonds. The number of nitrogens with zero attached hydrogens (tertiary/aromatic N) is 1. The van der Waals surface area contributed by atoms with Crippen molar-refractivity contribution in [1.82, 2.24) is 10.3 Å². The van der Waals surface area contributed by atoms with Gasteiger partial charge in [0.25, 0.3) is 5.91 Å². The van der Waals surface area contributed by atoms with Crippen LogP contribution in [-0.2, 0) is 11.3 Å². The lowest BCUT2D eigenvalue weighted by atomic mass is 10.1. The normalized spacial score (nSPS) is 10.5. The number of carbonyl (C=O) groups excluding carboxylic acids is 2. The van der Waals surface area contributed by atoms with Crippen molar-refractivity contribution in [1.29, 1.82) is 0 Å². The van der Waals surface area contributed by atoms with Gasteiger partial charge in [-0.3, -0.25) is 9.59 Å². The molecule has 0 radical (unpaired) electrons. The van der Waals surface area contributed by atoms with Gasteiger partial charge in [0.15, 0.2) is 11.5 Å². The van der Waals surface area contributed by atoms with Gasteiger partial charge >= 0.3 is 0 Å². The predicted molar refractivity (Wildman–Crippen MR) is 119 cm³/mol. The molecule has 0 aliphatic heterocycles. The summed E-state index contributed by atoms with van der Waals surface area (Å²) in [7, 11) is 0. The highest BCUT2D eigenvalue weighted by molar-refractivity contribution is 5.98. The van der Waals surface area contributed by atoms with Crippen LogP contribution in [0, 0.1) is 0 Å². The zero-order valence-corrected chi connectivity index (χ0v) is 17.0. The first kappa shape index (κ1) is 20.1. The molecule has 0 saturated heterocycles. The summed E-state index contributed by atoms with van der Waals surface area (Å²) in [6.45, 7) is 1.83. The van der Waals surface area contributed by atoms with Crippen LogP contribution in [0.15, 0.2) is 89.3 Å². The Kier molecular flexibility index (Phi) is 5.89. The molecule has 0 bridgehead atoms. The number of oxazole rings is 1. The van der Waals surface area contributed by atoms with E-state index in [1.807, 2.05) is 60.7 Å². The van der Waals surface area contributed by atoms with E-state index in [4.69, 9.17) is 4.42 Å². The molecule has 0 aliphatic carbocycles. The third-order valence-corrected chi connectivity index (χ3v) is 4.63. The van der Waals surface area contributed by atoms with E-state index >= 15 is 0 Å². The van der Waals surface area contributed by atoms with Gasteiger partial charge in [-0.05, 0) is 42.0 Å². The van der Waals surface area contributed by atoms with Gasteiger partial charge in [-0.25, -0.2) is 4.98 Å². The fraction of sp³-hybridized carbons (Fsp3) is 0.0800. The van der Waals surface area contributed by atoms with Crippen LogP contribution in [-0.4, -0.2) is 16.8 Å². The van der Waals surface area contributed by atoms with E-state index in [1.165, 1.54) is 6.92 Å². The quantitative estimate of drug-likeness (QED) is 0.473. The van der Waals surface area contributed by atoms with Gasteiger partial charge in [-0.1, -0.05) is 48.5 Å². The van der Waals surface area contributed by atoms with Crippen molar-refractivity contribution in [3.63, 3.8) is 0 Å². The summed E-state index contributed by atoms with van der Waals surface area (Å²) < 4.78 is 6.02. The topological polar surface area (TPSA) is 84.2 Å². The van der Waals surface area contributed by atoms with Crippen LogP contribution in [0.5, 0.6) is 0 Å². The van der Waals surface area contributed by atoms with Crippen molar-refractivity contribution in [2.45, 2.75) is 13.5 Å². The number of hydrogen-bond acceptors (Lipinski definition) is 4. The van der Waals surface area contributed by atoms with Crippen LogP contribution >= 0.6 is 0 Å². The van der Waals surface area contributed by atoms with Gasteiger partial charge in [0.1, 0.15) is 0 Å². The SMILES string of the molecule is CC(=O)Nc1ccc(-c2oc(-c3ccccc3)nc2C(=O)NCc2ccccc2)cc1.